The van der Waals surface area contributed by atoms with Crippen LogP contribution in [-0.2, 0) is 11.3 Å². The lowest BCUT2D eigenvalue weighted by atomic mass is 10.1. The number of fused-ring (bicyclic) bond motifs is 1. The fourth-order valence-corrected chi connectivity index (χ4v) is 3.32. The van der Waals surface area contributed by atoms with Crippen molar-refractivity contribution in [2.24, 2.45) is 0 Å². The van der Waals surface area contributed by atoms with E-state index in [1.165, 1.54) is 23.3 Å². The van der Waals surface area contributed by atoms with Gasteiger partial charge in [-0.3, -0.25) is 4.57 Å². The van der Waals surface area contributed by atoms with Gasteiger partial charge in [-0.1, -0.05) is 18.2 Å². The van der Waals surface area contributed by atoms with Crippen LogP contribution in [0.3, 0.4) is 0 Å². The quantitative estimate of drug-likeness (QED) is 0.432. The molecule has 10 nitrogen and oxygen atoms in total. The second-order valence-corrected chi connectivity index (χ2v) is 6.61. The van der Waals surface area contributed by atoms with Gasteiger partial charge in [0.2, 0.25) is 0 Å². The number of rotatable bonds is 7. The minimum atomic E-state index is -2.94. The van der Waals surface area contributed by atoms with Crippen LogP contribution in [0.5, 0.6) is 5.75 Å². The zero-order valence-corrected chi connectivity index (χ0v) is 15.5. The number of aliphatic hydroxyl groups excluding tert-OH is 3. The number of benzene rings is 1. The van der Waals surface area contributed by atoms with Gasteiger partial charge in [0.1, 0.15) is 30.4 Å². The van der Waals surface area contributed by atoms with E-state index in [1.807, 2.05) is 0 Å². The molecule has 30 heavy (non-hydrogen) atoms. The Morgan fingerprint density at radius 1 is 1.17 bits per heavy atom. The number of aromatic nitrogens is 4. The number of ether oxygens (including phenoxy) is 2. The number of hydrogen-bond donors (Lipinski definition) is 4. The Hall–Kier alpha value is -2.93. The lowest BCUT2D eigenvalue weighted by molar-refractivity contribution is -0.0511. The molecule has 0 aliphatic carbocycles. The summed E-state index contributed by atoms with van der Waals surface area (Å²) in [6, 6.07) is 6.37. The molecule has 4 atom stereocenters. The predicted octanol–water partition coefficient (Wildman–Crippen LogP) is 0.651. The predicted molar refractivity (Wildman–Crippen MR) is 98.7 cm³/mol. The van der Waals surface area contributed by atoms with Gasteiger partial charge in [-0.25, -0.2) is 15.0 Å². The Bertz CT molecular complexity index is 1020. The number of hydrogen-bond acceptors (Lipinski definition) is 9. The van der Waals surface area contributed by atoms with Crippen molar-refractivity contribution in [3.05, 3.63) is 42.5 Å². The lowest BCUT2D eigenvalue weighted by Gasteiger charge is -2.16. The van der Waals surface area contributed by atoms with E-state index in [9.17, 15) is 24.1 Å². The third kappa shape index (κ3) is 3.77. The fourth-order valence-electron chi connectivity index (χ4n) is 3.32. The van der Waals surface area contributed by atoms with Crippen LogP contribution in [0.1, 0.15) is 11.8 Å². The van der Waals surface area contributed by atoms with E-state index < -0.39 is 37.8 Å². The van der Waals surface area contributed by atoms with Gasteiger partial charge >= 0.3 is 6.61 Å². The summed E-state index contributed by atoms with van der Waals surface area (Å²) in [6.45, 7) is -3.26. The van der Waals surface area contributed by atoms with Gasteiger partial charge in [0.15, 0.2) is 23.2 Å². The van der Waals surface area contributed by atoms with Crippen molar-refractivity contribution in [1.29, 1.82) is 0 Å². The standard InChI is InChI=1S/C18H19F2N5O5/c19-18(20)30-10-4-2-1-3-9(10)5-21-15-12-16(23-7-22-15)25(8-24-12)17-14(28)13(27)11(6-26)29-17/h1-4,7-8,11,13-14,17-18,26-28H,5-6H2,(H,21,22,23)/t11-,13-,14-,17?/m1/s1. The van der Waals surface area contributed by atoms with E-state index in [4.69, 9.17) is 4.74 Å². The third-order valence-electron chi connectivity index (χ3n) is 4.79. The molecule has 4 rings (SSSR count). The van der Waals surface area contributed by atoms with Crippen LogP contribution in [0.2, 0.25) is 0 Å². The molecule has 160 valence electrons. The number of alkyl halides is 2. The van der Waals surface area contributed by atoms with Crippen LogP contribution < -0.4 is 10.1 Å². The van der Waals surface area contributed by atoms with E-state index in [0.717, 1.165) is 0 Å². The topological polar surface area (TPSA) is 135 Å². The van der Waals surface area contributed by atoms with Crippen molar-refractivity contribution in [2.75, 3.05) is 11.9 Å². The highest BCUT2D eigenvalue weighted by Gasteiger charge is 2.44. The smallest absolute Gasteiger partial charge is 0.387 e. The minimum Gasteiger partial charge on any atom is -0.434 e. The van der Waals surface area contributed by atoms with Crippen LogP contribution in [0.4, 0.5) is 14.6 Å². The van der Waals surface area contributed by atoms with Crippen molar-refractivity contribution >= 4 is 17.0 Å². The third-order valence-corrected chi connectivity index (χ3v) is 4.79. The number of aliphatic hydroxyl groups is 3. The molecule has 1 fully saturated rings. The van der Waals surface area contributed by atoms with E-state index in [1.54, 1.807) is 18.2 Å². The molecule has 4 N–H and O–H groups in total. The van der Waals surface area contributed by atoms with E-state index in [2.05, 4.69) is 25.0 Å². The van der Waals surface area contributed by atoms with Crippen molar-refractivity contribution < 1.29 is 33.6 Å². The lowest BCUT2D eigenvalue weighted by Crippen LogP contribution is -2.33. The molecule has 0 radical (unpaired) electrons. The number of nitrogens with zero attached hydrogens (tertiary/aromatic N) is 4. The number of anilines is 1. The van der Waals surface area contributed by atoms with Gasteiger partial charge in [0.25, 0.3) is 0 Å². The molecule has 3 aromatic rings. The molecule has 0 amide bonds. The van der Waals surface area contributed by atoms with Gasteiger partial charge in [0, 0.05) is 12.1 Å². The van der Waals surface area contributed by atoms with Gasteiger partial charge < -0.3 is 30.1 Å². The Kier molecular flexibility index (Phi) is 5.72. The van der Waals surface area contributed by atoms with Gasteiger partial charge in [-0.2, -0.15) is 8.78 Å². The van der Waals surface area contributed by atoms with Crippen molar-refractivity contribution in [2.45, 2.75) is 37.7 Å². The van der Waals surface area contributed by atoms with Gasteiger partial charge in [0.05, 0.1) is 12.9 Å². The minimum absolute atomic E-state index is 0.0438. The Balaban J connectivity index is 1.58. The Morgan fingerprint density at radius 2 is 1.97 bits per heavy atom. The summed E-state index contributed by atoms with van der Waals surface area (Å²) < 4.78 is 36.7. The normalized spacial score (nSPS) is 23.9. The van der Waals surface area contributed by atoms with Crippen LogP contribution in [-0.4, -0.2) is 66.4 Å². The van der Waals surface area contributed by atoms with Gasteiger partial charge in [-0.15, -0.1) is 0 Å². The summed E-state index contributed by atoms with van der Waals surface area (Å²) in [6.07, 6.45) is -1.84. The average molecular weight is 423 g/mol. The highest BCUT2D eigenvalue weighted by atomic mass is 19.3. The highest BCUT2D eigenvalue weighted by molar-refractivity contribution is 5.82. The van der Waals surface area contributed by atoms with Crippen molar-refractivity contribution in [3.63, 3.8) is 0 Å². The molecule has 1 saturated heterocycles. The monoisotopic (exact) mass is 423 g/mol. The second-order valence-electron chi connectivity index (χ2n) is 6.61. The maximum atomic E-state index is 12.6. The van der Waals surface area contributed by atoms with Crippen LogP contribution in [0.15, 0.2) is 36.9 Å². The molecule has 0 spiro atoms. The molecule has 0 bridgehead atoms. The largest absolute Gasteiger partial charge is 0.434 e. The molecule has 0 saturated carbocycles. The number of para-hydroxylation sites is 1. The highest BCUT2D eigenvalue weighted by Crippen LogP contribution is 2.32. The molecule has 1 aliphatic heterocycles. The van der Waals surface area contributed by atoms with Crippen LogP contribution in [0.25, 0.3) is 11.2 Å². The number of imidazole rings is 1. The first-order chi connectivity index (χ1) is 14.5. The first kappa shape index (κ1) is 20.3. The van der Waals surface area contributed by atoms with E-state index in [0.29, 0.717) is 22.5 Å². The van der Waals surface area contributed by atoms with Crippen LogP contribution in [0, 0.1) is 0 Å². The summed E-state index contributed by atoms with van der Waals surface area (Å²) in [5, 5.41) is 32.5. The molecule has 2 aromatic heterocycles. The van der Waals surface area contributed by atoms with Crippen LogP contribution >= 0.6 is 0 Å². The zero-order chi connectivity index (χ0) is 21.3. The molecule has 1 unspecified atom stereocenters. The fraction of sp³-hybridized carbons (Fsp3) is 0.389. The summed E-state index contributed by atoms with van der Waals surface area (Å²) in [4.78, 5) is 12.5. The van der Waals surface area contributed by atoms with Crippen molar-refractivity contribution in [3.8, 4) is 5.75 Å². The van der Waals surface area contributed by atoms with Crippen molar-refractivity contribution in [1.82, 2.24) is 19.5 Å². The first-order valence-corrected chi connectivity index (χ1v) is 9.06. The molecular formula is C18H19F2N5O5. The maximum absolute atomic E-state index is 12.6. The maximum Gasteiger partial charge on any atom is 0.387 e. The Labute approximate surface area is 168 Å². The average Bonchev–Trinajstić information content (AvgIpc) is 3.28. The summed E-state index contributed by atoms with van der Waals surface area (Å²) in [7, 11) is 0. The summed E-state index contributed by atoms with van der Waals surface area (Å²) in [5.74, 6) is 0.375. The first-order valence-electron chi connectivity index (χ1n) is 9.06. The molecular weight excluding hydrogens is 404 g/mol. The summed E-state index contributed by atoms with van der Waals surface area (Å²) in [5.41, 5.74) is 1.16. The van der Waals surface area contributed by atoms with E-state index in [-0.39, 0.29) is 12.3 Å². The molecule has 1 aromatic carbocycles. The molecule has 3 heterocycles. The number of nitrogens with one attached hydrogen (secondary N) is 1. The van der Waals surface area contributed by atoms with Gasteiger partial charge in [-0.05, 0) is 6.07 Å². The molecule has 12 heteroatoms. The SMILES string of the molecule is OC[C@H]1OC(n2cnc3c(NCc4ccccc4OC(F)F)ncnc32)[C@H](O)[C@@H]1O. The summed E-state index contributed by atoms with van der Waals surface area (Å²) >= 11 is 0. The second kappa shape index (κ2) is 8.44. The molecule has 1 aliphatic rings. The zero-order valence-electron chi connectivity index (χ0n) is 15.5. The number of halogens is 2. The Morgan fingerprint density at radius 3 is 2.70 bits per heavy atom. The van der Waals surface area contributed by atoms with E-state index >= 15 is 0 Å².